The number of aromatic nitrogens is 1. The molecule has 0 radical (unpaired) electrons. The molecule has 3 heterocycles. The number of fused-ring (bicyclic) bond motifs is 2. The van der Waals surface area contributed by atoms with E-state index >= 15 is 0 Å². The summed E-state index contributed by atoms with van der Waals surface area (Å²) in [6.45, 7) is 0.00800. The van der Waals surface area contributed by atoms with Crippen LogP contribution in [0.15, 0.2) is 89.3 Å². The van der Waals surface area contributed by atoms with Gasteiger partial charge in [0.15, 0.2) is 5.76 Å². The van der Waals surface area contributed by atoms with Crippen molar-refractivity contribution in [3.8, 4) is 16.9 Å². The molecule has 6 aromatic rings. The number of nitrogens with zero attached hydrogens (tertiary/aromatic N) is 1. The van der Waals surface area contributed by atoms with Crippen LogP contribution in [0.5, 0.6) is 5.75 Å². The predicted octanol–water partition coefficient (Wildman–Crippen LogP) is 7.80. The van der Waals surface area contributed by atoms with E-state index in [-0.39, 0.29) is 44.3 Å². The Morgan fingerprint density at radius 1 is 0.977 bits per heavy atom. The van der Waals surface area contributed by atoms with E-state index in [9.17, 15) is 27.2 Å². The largest absolute Gasteiger partial charge is 0.485 e. The zero-order valence-corrected chi connectivity index (χ0v) is 22.7. The van der Waals surface area contributed by atoms with E-state index in [1.165, 1.54) is 18.2 Å². The maximum atomic E-state index is 13.7. The van der Waals surface area contributed by atoms with Crippen molar-refractivity contribution < 1.29 is 36.3 Å². The van der Waals surface area contributed by atoms with Crippen LogP contribution < -0.4 is 15.8 Å². The monoisotopic (exact) mass is 605 g/mol. The summed E-state index contributed by atoms with van der Waals surface area (Å²) in [5.41, 5.74) is 4.36. The van der Waals surface area contributed by atoms with E-state index < -0.39 is 29.5 Å². The highest BCUT2D eigenvalue weighted by Crippen LogP contribution is 2.44. The SMILES string of the molecule is NC(=O)c1sc2nc(C(F)(F)F)cc(-c3ccc(F)cc3)c2c1NC(=O)c1ccc(COc2cccc3ccccc23)o1. The first-order valence-electron chi connectivity index (χ1n) is 12.7. The van der Waals surface area contributed by atoms with Gasteiger partial charge in [0.2, 0.25) is 0 Å². The highest BCUT2D eigenvalue weighted by atomic mass is 32.1. The number of halogens is 4. The molecule has 0 unspecified atom stereocenters. The second-order valence-electron chi connectivity index (χ2n) is 9.40. The number of pyridine rings is 1. The highest BCUT2D eigenvalue weighted by molar-refractivity contribution is 7.21. The molecule has 216 valence electrons. The van der Waals surface area contributed by atoms with Crippen LogP contribution in [-0.2, 0) is 12.8 Å². The summed E-state index contributed by atoms with van der Waals surface area (Å²) in [5.74, 6) is -1.57. The van der Waals surface area contributed by atoms with Crippen LogP contribution in [0.1, 0.15) is 31.7 Å². The Bertz CT molecular complexity index is 2010. The van der Waals surface area contributed by atoms with Crippen LogP contribution in [0.4, 0.5) is 23.2 Å². The Balaban J connectivity index is 1.34. The standard InChI is InChI=1S/C31H19F4N3O4S/c32-18-10-8-17(9-11-18)21-14-24(31(33,34)35)37-30-25(21)26(27(43-30)28(36)39)38-29(40)23-13-12-19(42-23)15-41-22-7-3-5-16-4-1-2-6-20(16)22/h1-14H,15H2,(H2,36,39)(H,38,40). The van der Waals surface area contributed by atoms with E-state index in [1.54, 1.807) is 6.07 Å². The van der Waals surface area contributed by atoms with E-state index in [2.05, 4.69) is 10.3 Å². The average Bonchev–Trinajstić information content (AvgIpc) is 3.61. The van der Waals surface area contributed by atoms with Crippen molar-refractivity contribution >= 4 is 49.8 Å². The molecule has 0 spiro atoms. The number of primary amides is 1. The van der Waals surface area contributed by atoms with Crippen molar-refractivity contribution in [2.75, 3.05) is 5.32 Å². The number of nitrogens with two attached hydrogens (primary N) is 1. The molecule has 43 heavy (non-hydrogen) atoms. The van der Waals surface area contributed by atoms with E-state index in [4.69, 9.17) is 14.9 Å². The molecule has 0 saturated carbocycles. The molecule has 3 aromatic heterocycles. The predicted molar refractivity (Wildman–Crippen MR) is 153 cm³/mol. The smallest absolute Gasteiger partial charge is 0.433 e. The van der Waals surface area contributed by atoms with Gasteiger partial charge in [-0.2, -0.15) is 13.2 Å². The lowest BCUT2D eigenvalue weighted by Crippen LogP contribution is -2.16. The normalized spacial score (nSPS) is 11.6. The van der Waals surface area contributed by atoms with Gasteiger partial charge in [0.05, 0.1) is 5.69 Å². The summed E-state index contributed by atoms with van der Waals surface area (Å²) in [4.78, 5) is 28.9. The van der Waals surface area contributed by atoms with Crippen LogP contribution in [-0.4, -0.2) is 16.8 Å². The van der Waals surface area contributed by atoms with Crippen molar-refractivity contribution in [2.45, 2.75) is 12.8 Å². The van der Waals surface area contributed by atoms with Gasteiger partial charge in [0.25, 0.3) is 11.8 Å². The van der Waals surface area contributed by atoms with Gasteiger partial charge >= 0.3 is 6.18 Å². The van der Waals surface area contributed by atoms with Crippen LogP contribution in [0.3, 0.4) is 0 Å². The van der Waals surface area contributed by atoms with Gasteiger partial charge in [-0.05, 0) is 52.9 Å². The fraction of sp³-hybridized carbons (Fsp3) is 0.0645. The number of rotatable bonds is 7. The molecular formula is C31H19F4N3O4S. The topological polar surface area (TPSA) is 107 Å². The van der Waals surface area contributed by atoms with Crippen molar-refractivity contribution in [1.29, 1.82) is 0 Å². The average molecular weight is 606 g/mol. The fourth-order valence-electron chi connectivity index (χ4n) is 4.62. The Kier molecular flexibility index (Phi) is 7.06. The van der Waals surface area contributed by atoms with Crippen LogP contribution in [0, 0.1) is 5.82 Å². The van der Waals surface area contributed by atoms with Crippen LogP contribution >= 0.6 is 11.3 Å². The third kappa shape index (κ3) is 5.52. The van der Waals surface area contributed by atoms with Crippen molar-refractivity contribution in [1.82, 2.24) is 4.98 Å². The first kappa shape index (κ1) is 27.9. The van der Waals surface area contributed by atoms with Gasteiger partial charge < -0.3 is 20.2 Å². The lowest BCUT2D eigenvalue weighted by molar-refractivity contribution is -0.140. The van der Waals surface area contributed by atoms with Gasteiger partial charge in [-0.1, -0.05) is 48.5 Å². The summed E-state index contributed by atoms with van der Waals surface area (Å²) in [6.07, 6.45) is -4.82. The Morgan fingerprint density at radius 2 is 1.72 bits per heavy atom. The number of carbonyl (C=O) groups is 2. The highest BCUT2D eigenvalue weighted by Gasteiger charge is 2.35. The number of hydrogen-bond donors (Lipinski definition) is 2. The number of ether oxygens (including phenoxy) is 1. The Morgan fingerprint density at radius 3 is 2.47 bits per heavy atom. The third-order valence-corrected chi connectivity index (χ3v) is 7.67. The van der Waals surface area contributed by atoms with Crippen molar-refractivity contribution in [3.63, 3.8) is 0 Å². The number of amides is 2. The van der Waals surface area contributed by atoms with Crippen LogP contribution in [0.2, 0.25) is 0 Å². The number of nitrogens with one attached hydrogen (secondary N) is 1. The Hall–Kier alpha value is -5.23. The molecular weight excluding hydrogens is 586 g/mol. The van der Waals surface area contributed by atoms with Gasteiger partial charge in [0.1, 0.15) is 39.3 Å². The molecule has 0 bridgehead atoms. The van der Waals surface area contributed by atoms with Crippen molar-refractivity contribution in [3.05, 3.63) is 113 Å². The summed E-state index contributed by atoms with van der Waals surface area (Å²) >= 11 is 0.598. The molecule has 2 amide bonds. The molecule has 3 N–H and O–H groups in total. The summed E-state index contributed by atoms with van der Waals surface area (Å²) in [5, 5.41) is 4.49. The third-order valence-electron chi connectivity index (χ3n) is 6.58. The number of anilines is 1. The molecule has 12 heteroatoms. The van der Waals surface area contributed by atoms with Gasteiger partial charge in [-0.3, -0.25) is 9.59 Å². The molecule has 3 aromatic carbocycles. The van der Waals surface area contributed by atoms with Gasteiger partial charge in [0, 0.05) is 10.8 Å². The lowest BCUT2D eigenvalue weighted by Gasteiger charge is -2.12. The summed E-state index contributed by atoms with van der Waals surface area (Å²) in [6, 6.07) is 21.7. The number of alkyl halides is 3. The first-order valence-corrected chi connectivity index (χ1v) is 13.5. The summed E-state index contributed by atoms with van der Waals surface area (Å²) < 4.78 is 66.4. The second-order valence-corrected chi connectivity index (χ2v) is 10.4. The maximum absolute atomic E-state index is 13.7. The molecule has 0 aliphatic rings. The minimum Gasteiger partial charge on any atom is -0.485 e. The maximum Gasteiger partial charge on any atom is 0.433 e. The zero-order chi connectivity index (χ0) is 30.3. The molecule has 0 aliphatic heterocycles. The fourth-order valence-corrected chi connectivity index (χ4v) is 5.62. The quantitative estimate of drug-likeness (QED) is 0.181. The molecule has 0 aliphatic carbocycles. The zero-order valence-electron chi connectivity index (χ0n) is 21.9. The minimum atomic E-state index is -4.82. The molecule has 0 saturated heterocycles. The van der Waals surface area contributed by atoms with Crippen LogP contribution in [0.25, 0.3) is 32.1 Å². The molecule has 0 atom stereocenters. The first-order chi connectivity index (χ1) is 20.6. The van der Waals surface area contributed by atoms with E-state index in [0.717, 1.165) is 29.0 Å². The molecule has 6 rings (SSSR count). The van der Waals surface area contributed by atoms with Crippen molar-refractivity contribution in [2.24, 2.45) is 5.73 Å². The van der Waals surface area contributed by atoms with Gasteiger partial charge in [-0.25, -0.2) is 9.37 Å². The summed E-state index contributed by atoms with van der Waals surface area (Å²) in [7, 11) is 0. The Labute approximate surface area is 244 Å². The minimum absolute atomic E-state index is 0.00800. The number of benzene rings is 3. The molecule has 0 fully saturated rings. The van der Waals surface area contributed by atoms with E-state index in [1.807, 2.05) is 42.5 Å². The van der Waals surface area contributed by atoms with E-state index in [0.29, 0.717) is 22.8 Å². The number of thiophene rings is 1. The van der Waals surface area contributed by atoms with Gasteiger partial charge in [-0.15, -0.1) is 11.3 Å². The molecule has 7 nitrogen and oxygen atoms in total. The lowest BCUT2D eigenvalue weighted by atomic mass is 10.0. The second kappa shape index (κ2) is 10.9. The number of carbonyl (C=O) groups excluding carboxylic acids is 2. The number of hydrogen-bond acceptors (Lipinski definition) is 6. The number of furan rings is 1.